The normalized spacial score (nSPS) is 19.4. The van der Waals surface area contributed by atoms with E-state index in [-0.39, 0.29) is 17.8 Å². The molecule has 1 aliphatic carbocycles. The molecule has 0 heterocycles. The summed E-state index contributed by atoms with van der Waals surface area (Å²) in [6, 6.07) is 0. The molecule has 0 amide bonds. The first-order chi connectivity index (χ1) is 11.1. The van der Waals surface area contributed by atoms with E-state index < -0.39 is 23.6 Å². The summed E-state index contributed by atoms with van der Waals surface area (Å²) in [5.74, 6) is -1.07. The van der Waals surface area contributed by atoms with Gasteiger partial charge in [-0.15, -0.1) is 0 Å². The van der Waals surface area contributed by atoms with Crippen LogP contribution in [0.1, 0.15) is 73.1 Å². The van der Waals surface area contributed by atoms with Gasteiger partial charge in [0.15, 0.2) is 6.10 Å². The number of rotatable bonds is 8. The molecule has 0 aromatic carbocycles. The Hall–Kier alpha value is -1.36. The van der Waals surface area contributed by atoms with Gasteiger partial charge >= 0.3 is 11.9 Å². The van der Waals surface area contributed by atoms with Crippen LogP contribution in [0.5, 0.6) is 0 Å². The number of hydrogen-bond acceptors (Lipinski definition) is 5. The Morgan fingerprint density at radius 1 is 1.08 bits per heavy atom. The van der Waals surface area contributed by atoms with Crippen LogP contribution >= 0.6 is 0 Å². The summed E-state index contributed by atoms with van der Waals surface area (Å²) >= 11 is 0. The minimum atomic E-state index is -0.936. The molecule has 5 nitrogen and oxygen atoms in total. The minimum Gasteiger partial charge on any atom is -0.456 e. The molecule has 0 spiro atoms. The summed E-state index contributed by atoms with van der Waals surface area (Å²) < 4.78 is 16.8. The lowest BCUT2D eigenvalue weighted by Crippen LogP contribution is -2.43. The van der Waals surface area contributed by atoms with Gasteiger partial charge in [0, 0.05) is 12.0 Å². The third kappa shape index (κ3) is 6.63. The van der Waals surface area contributed by atoms with Gasteiger partial charge in [-0.2, -0.15) is 0 Å². The van der Waals surface area contributed by atoms with Gasteiger partial charge in [0.1, 0.15) is 5.60 Å². The van der Waals surface area contributed by atoms with E-state index in [1.54, 1.807) is 6.92 Å². The lowest BCUT2D eigenvalue weighted by molar-refractivity contribution is -0.183. The monoisotopic (exact) mass is 340 g/mol. The summed E-state index contributed by atoms with van der Waals surface area (Å²) in [4.78, 5) is 24.0. The Morgan fingerprint density at radius 3 is 2.17 bits per heavy atom. The Morgan fingerprint density at radius 2 is 1.67 bits per heavy atom. The zero-order valence-electron chi connectivity index (χ0n) is 15.7. The van der Waals surface area contributed by atoms with Crippen molar-refractivity contribution in [1.82, 2.24) is 0 Å². The lowest BCUT2D eigenvalue weighted by atomic mass is 9.80. The van der Waals surface area contributed by atoms with Crippen LogP contribution in [0.2, 0.25) is 0 Å². The quantitative estimate of drug-likeness (QED) is 0.495. The van der Waals surface area contributed by atoms with Crippen LogP contribution in [0, 0.1) is 0 Å². The highest BCUT2D eigenvalue weighted by Crippen LogP contribution is 2.36. The van der Waals surface area contributed by atoms with Crippen molar-refractivity contribution in [3.8, 4) is 0 Å². The summed E-state index contributed by atoms with van der Waals surface area (Å²) in [5.41, 5.74) is -0.256. The van der Waals surface area contributed by atoms with Crippen molar-refractivity contribution in [3.63, 3.8) is 0 Å². The smallest absolute Gasteiger partial charge is 0.347 e. The molecule has 0 aromatic heterocycles. The maximum atomic E-state index is 12.4. The Balaban J connectivity index is 2.72. The van der Waals surface area contributed by atoms with Crippen molar-refractivity contribution in [2.45, 2.75) is 97.1 Å². The van der Waals surface area contributed by atoms with Crippen LogP contribution in [0.3, 0.4) is 0 Å². The van der Waals surface area contributed by atoms with Crippen molar-refractivity contribution in [3.05, 3.63) is 12.2 Å². The fourth-order valence-electron chi connectivity index (χ4n) is 3.19. The van der Waals surface area contributed by atoms with Crippen LogP contribution in [-0.4, -0.2) is 35.9 Å². The van der Waals surface area contributed by atoms with E-state index in [2.05, 4.69) is 6.58 Å². The third-order valence-corrected chi connectivity index (χ3v) is 4.21. The highest BCUT2D eigenvalue weighted by molar-refractivity contribution is 5.89. The number of hydrogen-bond donors (Lipinski definition) is 0. The Labute approximate surface area is 145 Å². The molecule has 1 rings (SSSR count). The van der Waals surface area contributed by atoms with Gasteiger partial charge in [-0.3, -0.25) is 0 Å². The molecule has 1 fully saturated rings. The summed E-state index contributed by atoms with van der Waals surface area (Å²) in [6.07, 6.45) is 4.72. The van der Waals surface area contributed by atoms with E-state index in [9.17, 15) is 9.59 Å². The lowest BCUT2D eigenvalue weighted by Gasteiger charge is -2.39. The van der Waals surface area contributed by atoms with Gasteiger partial charge in [0.25, 0.3) is 0 Å². The molecule has 0 aromatic rings. The van der Waals surface area contributed by atoms with Gasteiger partial charge < -0.3 is 14.2 Å². The molecule has 0 N–H and O–H groups in total. The zero-order valence-corrected chi connectivity index (χ0v) is 15.7. The maximum absolute atomic E-state index is 12.4. The van der Waals surface area contributed by atoms with Gasteiger partial charge in [-0.05, 0) is 60.3 Å². The highest BCUT2D eigenvalue weighted by atomic mass is 16.6. The number of carbonyl (C=O) groups is 2. The fraction of sp³-hybridized carbons (Fsp3) is 0.789. The van der Waals surface area contributed by atoms with Crippen LogP contribution in [-0.2, 0) is 23.8 Å². The largest absolute Gasteiger partial charge is 0.456 e. The molecule has 1 aliphatic rings. The second-order valence-corrected chi connectivity index (χ2v) is 7.19. The second kappa shape index (κ2) is 9.21. The molecule has 0 aliphatic heterocycles. The first-order valence-electron chi connectivity index (χ1n) is 8.90. The minimum absolute atomic E-state index is 0.00387. The molecule has 0 bridgehead atoms. The maximum Gasteiger partial charge on any atom is 0.347 e. The predicted molar refractivity (Wildman–Crippen MR) is 92.6 cm³/mol. The van der Waals surface area contributed by atoms with Gasteiger partial charge in [-0.25, -0.2) is 9.59 Å². The Bertz CT molecular complexity index is 449. The molecular formula is C19H32O5. The molecule has 138 valence electrons. The Kier molecular flexibility index (Phi) is 7.94. The highest BCUT2D eigenvalue weighted by Gasteiger charge is 2.39. The van der Waals surface area contributed by atoms with Crippen LogP contribution in [0.15, 0.2) is 12.2 Å². The van der Waals surface area contributed by atoms with Crippen molar-refractivity contribution in [2.75, 3.05) is 0 Å². The molecule has 1 saturated carbocycles. The van der Waals surface area contributed by atoms with Crippen molar-refractivity contribution < 1.29 is 23.8 Å². The van der Waals surface area contributed by atoms with Crippen molar-refractivity contribution in [2.24, 2.45) is 0 Å². The molecule has 2 unspecified atom stereocenters. The first-order valence-corrected chi connectivity index (χ1v) is 8.90. The molecule has 0 radical (unpaired) electrons. The number of ether oxygens (including phenoxy) is 3. The zero-order chi connectivity index (χ0) is 18.3. The average Bonchev–Trinajstić information content (AvgIpc) is 2.46. The third-order valence-electron chi connectivity index (χ3n) is 4.21. The van der Waals surface area contributed by atoms with Crippen LogP contribution < -0.4 is 0 Å². The van der Waals surface area contributed by atoms with Crippen LogP contribution in [0.4, 0.5) is 0 Å². The van der Waals surface area contributed by atoms with Crippen molar-refractivity contribution >= 4 is 11.9 Å². The van der Waals surface area contributed by atoms with Crippen LogP contribution in [0.25, 0.3) is 0 Å². The van der Waals surface area contributed by atoms with E-state index >= 15 is 0 Å². The van der Waals surface area contributed by atoms with E-state index in [1.165, 1.54) is 6.92 Å². The van der Waals surface area contributed by atoms with Crippen molar-refractivity contribution in [1.29, 1.82) is 0 Å². The van der Waals surface area contributed by atoms with E-state index in [0.29, 0.717) is 6.42 Å². The van der Waals surface area contributed by atoms with E-state index in [1.807, 2.05) is 20.8 Å². The summed E-state index contributed by atoms with van der Waals surface area (Å²) in [6.45, 7) is 12.6. The summed E-state index contributed by atoms with van der Waals surface area (Å²) in [7, 11) is 0. The van der Waals surface area contributed by atoms with E-state index in [0.717, 1.165) is 32.1 Å². The van der Waals surface area contributed by atoms with E-state index in [4.69, 9.17) is 14.2 Å². The predicted octanol–water partition coefficient (Wildman–Crippen LogP) is 3.94. The second-order valence-electron chi connectivity index (χ2n) is 7.19. The molecule has 0 saturated heterocycles. The molecule has 5 heteroatoms. The number of esters is 2. The topological polar surface area (TPSA) is 61.8 Å². The molecule has 2 atom stereocenters. The number of carbonyl (C=O) groups excluding carboxylic acids is 2. The van der Waals surface area contributed by atoms with Gasteiger partial charge in [-0.1, -0.05) is 13.0 Å². The molecule has 24 heavy (non-hydrogen) atoms. The average molecular weight is 340 g/mol. The molecular weight excluding hydrogens is 308 g/mol. The van der Waals surface area contributed by atoms with Gasteiger partial charge in [0.05, 0.1) is 12.2 Å². The fourth-order valence-corrected chi connectivity index (χ4v) is 3.19. The van der Waals surface area contributed by atoms with Gasteiger partial charge in [0.2, 0.25) is 0 Å². The standard InChI is InChI=1S/C19H32O5/c1-13(2)17(20)23-16(6)18(21)24-19(10-8-7-9-11-19)12-15(5)22-14(3)4/h14-16H,1,7-12H2,2-6H3. The summed E-state index contributed by atoms with van der Waals surface area (Å²) in [5, 5.41) is 0. The SMILES string of the molecule is C=C(C)C(=O)OC(C)C(=O)OC1(CC(C)OC(C)C)CCCCC1. The first kappa shape index (κ1) is 20.7.